The number of carbonyl (C=O) groups excluding carboxylic acids is 2. The van der Waals surface area contributed by atoms with E-state index in [4.69, 9.17) is 0 Å². The minimum Gasteiger partial charge on any atom is -0.457 e. The molecule has 0 aromatic carbocycles. The van der Waals surface area contributed by atoms with Gasteiger partial charge in [0.1, 0.15) is 0 Å². The quantitative estimate of drug-likeness (QED) is 0.495. The van der Waals surface area contributed by atoms with Crippen LogP contribution in [0.5, 0.6) is 0 Å². The molecule has 52 valence electrons. The van der Waals surface area contributed by atoms with Crippen molar-refractivity contribution >= 4 is 26.6 Å². The molecule has 0 saturated carbocycles. The molecule has 0 aliphatic rings. The van der Waals surface area contributed by atoms with E-state index in [2.05, 4.69) is 20.7 Å². The molecule has 9 heavy (non-hydrogen) atoms. The molecule has 3 nitrogen and oxygen atoms in total. The monoisotopic (exact) mass is 194 g/mol. The van der Waals surface area contributed by atoms with E-state index in [1.165, 1.54) is 0 Å². The maximum atomic E-state index is 10.3. The van der Waals surface area contributed by atoms with Crippen LogP contribution in [0.2, 0.25) is 0 Å². The third kappa shape index (κ3) is 5.49. The number of esters is 1. The molecule has 0 unspecified atom stereocenters. The lowest BCUT2D eigenvalue weighted by Gasteiger charge is -1.95. The summed E-state index contributed by atoms with van der Waals surface area (Å²) in [5, 5.41) is 0. The third-order valence-corrected chi connectivity index (χ3v) is 0.864. The van der Waals surface area contributed by atoms with Gasteiger partial charge < -0.3 is 4.74 Å². The second-order valence-electron chi connectivity index (χ2n) is 1.37. The fourth-order valence-corrected chi connectivity index (χ4v) is 0.354. The molecule has 0 radical (unpaired) electrons. The van der Waals surface area contributed by atoms with Crippen molar-refractivity contribution in [3.8, 4) is 0 Å². The van der Waals surface area contributed by atoms with Crippen LogP contribution in [-0.2, 0) is 14.3 Å². The first-order valence-corrected chi connectivity index (χ1v) is 3.30. The number of ether oxygens (including phenoxy) is 1. The topological polar surface area (TPSA) is 43.4 Å². The molecule has 0 saturated heterocycles. The summed E-state index contributed by atoms with van der Waals surface area (Å²) in [6, 6.07) is 0. The molecule has 0 amide bonds. The van der Waals surface area contributed by atoms with Gasteiger partial charge in [0.2, 0.25) is 4.69 Å². The Morgan fingerprint density at radius 3 is 2.44 bits per heavy atom. The lowest BCUT2D eigenvalue weighted by Crippen LogP contribution is -2.07. The predicted molar refractivity (Wildman–Crippen MR) is 35.2 cm³/mol. The van der Waals surface area contributed by atoms with Crippen molar-refractivity contribution in [3.05, 3.63) is 0 Å². The molecular formula is C5H7BrO3. The Balaban J connectivity index is 3.28. The van der Waals surface area contributed by atoms with Crippen LogP contribution in [0.3, 0.4) is 0 Å². The lowest BCUT2D eigenvalue weighted by atomic mass is 10.5. The van der Waals surface area contributed by atoms with Crippen molar-refractivity contribution in [3.63, 3.8) is 0 Å². The van der Waals surface area contributed by atoms with Crippen LogP contribution in [0, 0.1) is 0 Å². The van der Waals surface area contributed by atoms with Crippen molar-refractivity contribution in [2.75, 3.05) is 6.61 Å². The highest BCUT2D eigenvalue weighted by molar-refractivity contribution is 9.18. The average molecular weight is 195 g/mol. The minimum atomic E-state index is -0.359. The van der Waals surface area contributed by atoms with Crippen molar-refractivity contribution in [1.82, 2.24) is 0 Å². The van der Waals surface area contributed by atoms with Gasteiger partial charge in [0.05, 0.1) is 0 Å². The van der Waals surface area contributed by atoms with Crippen LogP contribution in [0.25, 0.3) is 0 Å². The van der Waals surface area contributed by atoms with Crippen molar-refractivity contribution in [1.29, 1.82) is 0 Å². The largest absolute Gasteiger partial charge is 0.457 e. The molecule has 0 rings (SSSR count). The van der Waals surface area contributed by atoms with Gasteiger partial charge >= 0.3 is 5.97 Å². The standard InChI is InChI=1S/C5H7BrO3/c1-2-5(8)9-3-4(6)7/h2-3H2,1H3. The fraction of sp³-hybridized carbons (Fsp3) is 0.600. The summed E-state index contributed by atoms with van der Waals surface area (Å²) in [7, 11) is 0. The van der Waals surface area contributed by atoms with Crippen LogP contribution in [0.4, 0.5) is 0 Å². The Labute approximate surface area is 61.5 Å². The number of carbonyl (C=O) groups is 2. The van der Waals surface area contributed by atoms with E-state index in [0.29, 0.717) is 6.42 Å². The predicted octanol–water partition coefficient (Wildman–Crippen LogP) is 0.861. The van der Waals surface area contributed by atoms with E-state index >= 15 is 0 Å². The highest BCUT2D eigenvalue weighted by Gasteiger charge is 1.99. The van der Waals surface area contributed by atoms with Gasteiger partial charge in [-0.25, -0.2) is 0 Å². The molecule has 4 heteroatoms. The smallest absolute Gasteiger partial charge is 0.305 e. The van der Waals surface area contributed by atoms with Gasteiger partial charge in [-0.05, 0) is 15.9 Å². The molecule has 0 fully saturated rings. The van der Waals surface area contributed by atoms with Crippen molar-refractivity contribution in [2.24, 2.45) is 0 Å². The summed E-state index contributed by atoms with van der Waals surface area (Å²) in [6.07, 6.45) is 0.306. The number of hydrogen-bond acceptors (Lipinski definition) is 3. The van der Waals surface area contributed by atoms with Crippen molar-refractivity contribution < 1.29 is 14.3 Å². The third-order valence-electron chi connectivity index (χ3n) is 0.635. The first-order chi connectivity index (χ1) is 4.16. The van der Waals surface area contributed by atoms with Gasteiger partial charge in [-0.15, -0.1) is 0 Å². The van der Waals surface area contributed by atoms with Gasteiger partial charge in [-0.3, -0.25) is 9.59 Å². The SMILES string of the molecule is CCC(=O)OCC(=O)Br. The number of rotatable bonds is 3. The Morgan fingerprint density at radius 2 is 2.11 bits per heavy atom. The van der Waals surface area contributed by atoms with E-state index in [-0.39, 0.29) is 17.3 Å². The highest BCUT2D eigenvalue weighted by atomic mass is 79.9. The summed E-state index contributed by atoms with van der Waals surface area (Å²) in [4.78, 5) is 20.4. The van der Waals surface area contributed by atoms with Crippen LogP contribution in [0.15, 0.2) is 0 Å². The summed E-state index contributed by atoms with van der Waals surface area (Å²) < 4.78 is 4.10. The van der Waals surface area contributed by atoms with Crippen LogP contribution in [-0.4, -0.2) is 17.3 Å². The Morgan fingerprint density at radius 1 is 1.56 bits per heavy atom. The van der Waals surface area contributed by atoms with E-state index in [0.717, 1.165) is 0 Å². The minimum absolute atomic E-state index is 0.174. The molecule has 0 N–H and O–H groups in total. The average Bonchev–Trinajstić information content (AvgIpc) is 1.83. The summed E-state index contributed by atoms with van der Waals surface area (Å²) in [5.74, 6) is -0.359. The van der Waals surface area contributed by atoms with Gasteiger partial charge in [0, 0.05) is 6.42 Å². The zero-order valence-corrected chi connectivity index (χ0v) is 6.60. The summed E-state index contributed by atoms with van der Waals surface area (Å²) >= 11 is 2.62. The van der Waals surface area contributed by atoms with Crippen molar-refractivity contribution in [2.45, 2.75) is 13.3 Å². The zero-order valence-electron chi connectivity index (χ0n) is 5.02. The van der Waals surface area contributed by atoms with Gasteiger partial charge in [0.25, 0.3) is 0 Å². The van der Waals surface area contributed by atoms with Gasteiger partial charge in [-0.2, -0.15) is 0 Å². The van der Waals surface area contributed by atoms with E-state index in [1.54, 1.807) is 6.92 Å². The van der Waals surface area contributed by atoms with Crippen LogP contribution >= 0.6 is 15.9 Å². The van der Waals surface area contributed by atoms with E-state index < -0.39 is 0 Å². The summed E-state index contributed by atoms with van der Waals surface area (Å²) in [5.41, 5.74) is 0. The van der Waals surface area contributed by atoms with Crippen LogP contribution < -0.4 is 0 Å². The molecule has 0 spiro atoms. The van der Waals surface area contributed by atoms with Gasteiger partial charge in [0.15, 0.2) is 6.61 Å². The maximum absolute atomic E-state index is 10.3. The van der Waals surface area contributed by atoms with E-state index in [1.807, 2.05) is 0 Å². The van der Waals surface area contributed by atoms with Crippen LogP contribution in [0.1, 0.15) is 13.3 Å². The molecule has 0 aromatic rings. The highest BCUT2D eigenvalue weighted by Crippen LogP contribution is 1.88. The summed E-state index contributed by atoms with van der Waals surface area (Å²) in [6.45, 7) is 1.49. The van der Waals surface area contributed by atoms with E-state index in [9.17, 15) is 9.59 Å². The maximum Gasteiger partial charge on any atom is 0.305 e. The zero-order chi connectivity index (χ0) is 7.28. The molecular weight excluding hydrogens is 188 g/mol. The Kier molecular flexibility index (Phi) is 4.30. The first kappa shape index (κ1) is 8.62. The Hall–Kier alpha value is -0.380. The molecule has 0 aliphatic carbocycles. The second kappa shape index (κ2) is 4.49. The number of hydrogen-bond donors (Lipinski definition) is 0. The number of halogens is 1. The lowest BCUT2D eigenvalue weighted by molar-refractivity contribution is -0.145. The van der Waals surface area contributed by atoms with Gasteiger partial charge in [-0.1, -0.05) is 6.92 Å². The first-order valence-electron chi connectivity index (χ1n) is 2.50. The molecule has 0 aromatic heterocycles. The molecule has 0 aliphatic heterocycles. The molecule has 0 atom stereocenters. The normalized spacial score (nSPS) is 8.67. The Bertz CT molecular complexity index is 121. The fourth-order valence-electron chi connectivity index (χ4n) is 0.239. The molecule has 0 bridgehead atoms. The molecule has 0 heterocycles. The second-order valence-corrected chi connectivity index (χ2v) is 2.25.